The summed E-state index contributed by atoms with van der Waals surface area (Å²) in [5.74, 6) is -0.260. The van der Waals surface area contributed by atoms with Gasteiger partial charge in [-0.25, -0.2) is 4.39 Å². The second-order valence-corrected chi connectivity index (χ2v) is 15.4. The molecule has 0 saturated carbocycles. The van der Waals surface area contributed by atoms with Crippen molar-refractivity contribution >= 4 is 60.2 Å². The summed E-state index contributed by atoms with van der Waals surface area (Å²) in [5, 5.41) is 9.81. The lowest BCUT2D eigenvalue weighted by atomic mass is 9.83. The summed E-state index contributed by atoms with van der Waals surface area (Å²) >= 11 is 0. The molecule has 0 bridgehead atoms. The summed E-state index contributed by atoms with van der Waals surface area (Å²) in [7, 11) is 0. The molecule has 0 aliphatic rings. The Kier molecular flexibility index (Phi) is 8.75. The molecule has 11 aromatic rings. The van der Waals surface area contributed by atoms with Gasteiger partial charge in [-0.3, -0.25) is 0 Å². The number of rotatable bonds is 7. The van der Waals surface area contributed by atoms with Gasteiger partial charge in [-0.2, -0.15) is 0 Å². The molecule has 11 aromatic carbocycles. The molecule has 0 aliphatic carbocycles. The lowest BCUT2D eigenvalue weighted by Gasteiger charge is -2.26. The highest BCUT2D eigenvalue weighted by Gasteiger charge is 2.20. The van der Waals surface area contributed by atoms with Gasteiger partial charge in [-0.15, -0.1) is 0 Å². The van der Waals surface area contributed by atoms with Gasteiger partial charge in [0.1, 0.15) is 5.82 Å². The maximum atomic E-state index is 14.2. The number of nitrogens with zero attached hydrogens (tertiary/aromatic N) is 1. The normalized spacial score (nSPS) is 11.4. The molecule has 0 saturated heterocycles. The minimum atomic E-state index is -0.260. The van der Waals surface area contributed by atoms with Crippen LogP contribution in [0.4, 0.5) is 21.5 Å². The second-order valence-electron chi connectivity index (χ2n) is 15.4. The predicted octanol–water partition coefficient (Wildman–Crippen LogP) is 16.6. The van der Waals surface area contributed by atoms with Crippen molar-refractivity contribution in [2.45, 2.75) is 0 Å². The molecule has 11 rings (SSSR count). The largest absolute Gasteiger partial charge is 0.311 e. The monoisotopic (exact) mass is 767 g/mol. The second kappa shape index (κ2) is 14.8. The summed E-state index contributed by atoms with van der Waals surface area (Å²) in [6, 6.07) is 81.0. The topological polar surface area (TPSA) is 3.24 Å². The van der Waals surface area contributed by atoms with Gasteiger partial charge < -0.3 is 4.90 Å². The first kappa shape index (κ1) is 35.4. The van der Waals surface area contributed by atoms with Crippen LogP contribution in [-0.4, -0.2) is 0 Å². The first-order valence-electron chi connectivity index (χ1n) is 20.4. The van der Waals surface area contributed by atoms with E-state index < -0.39 is 0 Å². The quantitative estimate of drug-likeness (QED) is 0.146. The van der Waals surface area contributed by atoms with E-state index in [4.69, 9.17) is 0 Å². The molecule has 2 heteroatoms. The zero-order valence-electron chi connectivity index (χ0n) is 32.8. The summed E-state index contributed by atoms with van der Waals surface area (Å²) in [6.45, 7) is 0. The van der Waals surface area contributed by atoms with Crippen LogP contribution in [0.1, 0.15) is 0 Å². The van der Waals surface area contributed by atoms with Crippen molar-refractivity contribution in [3.8, 4) is 44.5 Å². The summed E-state index contributed by atoms with van der Waals surface area (Å²) in [5.41, 5.74) is 12.4. The number of halogens is 1. The van der Waals surface area contributed by atoms with E-state index in [9.17, 15) is 4.39 Å². The van der Waals surface area contributed by atoms with Crippen molar-refractivity contribution in [3.63, 3.8) is 0 Å². The van der Waals surface area contributed by atoms with Crippen molar-refractivity contribution < 1.29 is 4.39 Å². The minimum absolute atomic E-state index is 0.260. The van der Waals surface area contributed by atoms with Gasteiger partial charge >= 0.3 is 0 Å². The molecule has 1 nitrogen and oxygen atoms in total. The molecular formula is C58H38FN. The number of hydrogen-bond acceptors (Lipinski definition) is 1. The highest BCUT2D eigenvalue weighted by atomic mass is 19.1. The minimum Gasteiger partial charge on any atom is -0.311 e. The summed E-state index contributed by atoms with van der Waals surface area (Å²) < 4.78 is 14.2. The van der Waals surface area contributed by atoms with Crippen LogP contribution in [0.5, 0.6) is 0 Å². The van der Waals surface area contributed by atoms with Crippen LogP contribution in [0, 0.1) is 5.82 Å². The third-order valence-corrected chi connectivity index (χ3v) is 11.9. The van der Waals surface area contributed by atoms with E-state index in [0.717, 1.165) is 39.3 Å². The van der Waals surface area contributed by atoms with Gasteiger partial charge in [0, 0.05) is 17.1 Å². The van der Waals surface area contributed by atoms with Gasteiger partial charge in [0.25, 0.3) is 0 Å². The fraction of sp³-hybridized carbons (Fsp3) is 0. The molecule has 0 fully saturated rings. The number of hydrogen-bond donors (Lipinski definition) is 0. The van der Waals surface area contributed by atoms with Gasteiger partial charge in [0.05, 0.1) is 0 Å². The predicted molar refractivity (Wildman–Crippen MR) is 253 cm³/mol. The third-order valence-electron chi connectivity index (χ3n) is 11.9. The summed E-state index contributed by atoms with van der Waals surface area (Å²) in [4.78, 5) is 2.18. The Morgan fingerprint density at radius 1 is 0.267 bits per heavy atom. The van der Waals surface area contributed by atoms with E-state index in [1.807, 2.05) is 18.2 Å². The van der Waals surface area contributed by atoms with Crippen molar-refractivity contribution in [1.29, 1.82) is 0 Å². The van der Waals surface area contributed by atoms with E-state index in [0.29, 0.717) is 0 Å². The average molecular weight is 768 g/mol. The number of benzene rings is 11. The van der Waals surface area contributed by atoms with E-state index in [1.54, 1.807) is 0 Å². The standard InChI is InChI=1S/C58H38FN/c59-45-29-35-48(36-30-45)60(46-31-24-40(25-32-46)39-12-2-1-3-13-39)47-33-26-41(27-34-47)44-28-37-55-56(38-44)58(52-23-11-17-43-15-5-7-19-50(43)52)54-21-9-8-20-53(54)57(55)51-22-10-16-42-14-4-6-18-49(42)51/h1-38H. The molecular weight excluding hydrogens is 730 g/mol. The molecule has 0 spiro atoms. The summed E-state index contributed by atoms with van der Waals surface area (Å²) in [6.07, 6.45) is 0. The van der Waals surface area contributed by atoms with Crippen molar-refractivity contribution in [1.82, 2.24) is 0 Å². The smallest absolute Gasteiger partial charge is 0.123 e. The van der Waals surface area contributed by atoms with Crippen LogP contribution in [0.15, 0.2) is 231 Å². The van der Waals surface area contributed by atoms with E-state index in [-0.39, 0.29) is 5.82 Å². The molecule has 0 radical (unpaired) electrons. The van der Waals surface area contributed by atoms with Crippen LogP contribution >= 0.6 is 0 Å². The van der Waals surface area contributed by atoms with Crippen LogP contribution in [0.3, 0.4) is 0 Å². The SMILES string of the molecule is Fc1ccc(N(c2ccc(-c3ccccc3)cc2)c2ccc(-c3ccc4c(-c5cccc6ccccc56)c5ccccc5c(-c5cccc6ccccc56)c4c3)cc2)cc1. The lowest BCUT2D eigenvalue weighted by Crippen LogP contribution is -2.09. The molecule has 0 aliphatic heterocycles. The molecule has 282 valence electrons. The Labute approximate surface area is 348 Å². The fourth-order valence-electron chi connectivity index (χ4n) is 9.10. The Morgan fingerprint density at radius 2 is 0.650 bits per heavy atom. The first-order valence-corrected chi connectivity index (χ1v) is 20.4. The molecule has 0 amide bonds. The van der Waals surface area contributed by atoms with Gasteiger partial charge in [0.15, 0.2) is 0 Å². The van der Waals surface area contributed by atoms with E-state index in [1.165, 1.54) is 77.5 Å². The molecule has 0 N–H and O–H groups in total. The van der Waals surface area contributed by atoms with E-state index in [2.05, 4.69) is 205 Å². The molecule has 0 unspecified atom stereocenters. The van der Waals surface area contributed by atoms with Crippen molar-refractivity contribution in [2.75, 3.05) is 4.90 Å². The highest BCUT2D eigenvalue weighted by molar-refractivity contribution is 6.25. The van der Waals surface area contributed by atoms with Crippen molar-refractivity contribution in [3.05, 3.63) is 236 Å². The Morgan fingerprint density at radius 3 is 1.20 bits per heavy atom. The van der Waals surface area contributed by atoms with Crippen molar-refractivity contribution in [2.24, 2.45) is 0 Å². The lowest BCUT2D eigenvalue weighted by molar-refractivity contribution is 0.628. The Hall–Kier alpha value is -7.81. The Balaban J connectivity index is 1.10. The van der Waals surface area contributed by atoms with Gasteiger partial charge in [-0.05, 0) is 142 Å². The van der Waals surface area contributed by atoms with Gasteiger partial charge in [0.2, 0.25) is 0 Å². The average Bonchev–Trinajstić information content (AvgIpc) is 3.32. The Bertz CT molecular complexity index is 3340. The first-order chi connectivity index (χ1) is 29.7. The maximum absolute atomic E-state index is 14.2. The molecule has 0 aromatic heterocycles. The molecule has 0 heterocycles. The molecule has 0 atom stereocenters. The zero-order valence-corrected chi connectivity index (χ0v) is 32.8. The maximum Gasteiger partial charge on any atom is 0.123 e. The third kappa shape index (κ3) is 6.18. The highest BCUT2D eigenvalue weighted by Crippen LogP contribution is 2.48. The number of fused-ring (bicyclic) bond motifs is 4. The van der Waals surface area contributed by atoms with Crippen LogP contribution in [-0.2, 0) is 0 Å². The van der Waals surface area contributed by atoms with Crippen LogP contribution < -0.4 is 4.90 Å². The van der Waals surface area contributed by atoms with E-state index >= 15 is 0 Å². The molecule has 60 heavy (non-hydrogen) atoms. The zero-order chi connectivity index (χ0) is 40.0. The van der Waals surface area contributed by atoms with Crippen LogP contribution in [0.25, 0.3) is 87.6 Å². The van der Waals surface area contributed by atoms with Gasteiger partial charge in [-0.1, -0.05) is 176 Å². The fourth-order valence-corrected chi connectivity index (χ4v) is 9.10. The van der Waals surface area contributed by atoms with Crippen LogP contribution in [0.2, 0.25) is 0 Å². The number of anilines is 3.